The summed E-state index contributed by atoms with van der Waals surface area (Å²) in [5, 5.41) is 0. The average molecular weight is 391 g/mol. The van der Waals surface area contributed by atoms with Gasteiger partial charge in [-0.25, -0.2) is 0 Å². The minimum Gasteiger partial charge on any atom is -0.494 e. The molecule has 0 unspecified atom stereocenters. The molecule has 2 aromatic carbocycles. The fraction of sp³-hybridized carbons (Fsp3) is 0.444. The van der Waals surface area contributed by atoms with Crippen LogP contribution in [0.2, 0.25) is 0 Å². The number of benzene rings is 2. The Balaban J connectivity index is 1.54. The van der Waals surface area contributed by atoms with Gasteiger partial charge < -0.3 is 4.74 Å². The van der Waals surface area contributed by atoms with Crippen LogP contribution >= 0.6 is 0 Å². The molecule has 29 heavy (non-hydrogen) atoms. The third-order valence-corrected chi connectivity index (χ3v) is 5.75. The smallest absolute Gasteiger partial charge is 0.159 e. The van der Waals surface area contributed by atoms with Crippen LogP contribution in [-0.4, -0.2) is 12.4 Å². The van der Waals surface area contributed by atoms with Crippen LogP contribution in [0.25, 0.3) is 17.2 Å². The maximum absolute atomic E-state index is 12.2. The highest BCUT2D eigenvalue weighted by molar-refractivity contribution is 6.00. The summed E-state index contributed by atoms with van der Waals surface area (Å²) in [5.41, 5.74) is 4.45. The molecular formula is C27H34O2. The Hall–Kier alpha value is -2.35. The standard InChI is InChI=1S/C27H34O2/c1-3-4-5-6-7-18-29-26-16-14-24(15-17-26)23-12-9-22(10-13-23)20-25-11-8-21(2)19-27(25)28/h9-10,12-17,20-21H,3-8,11,18-19H2,1-2H3/b25-20+/t21-/m1/s1. The number of hydrogen-bond donors (Lipinski definition) is 0. The summed E-state index contributed by atoms with van der Waals surface area (Å²) in [6, 6.07) is 16.8. The molecule has 2 heteroatoms. The lowest BCUT2D eigenvalue weighted by molar-refractivity contribution is -0.117. The fourth-order valence-electron chi connectivity index (χ4n) is 3.86. The van der Waals surface area contributed by atoms with Crippen molar-refractivity contribution in [3.63, 3.8) is 0 Å². The number of Topliss-reactive ketones (excluding diaryl/α,β-unsaturated/α-hetero) is 1. The van der Waals surface area contributed by atoms with E-state index in [1.165, 1.54) is 36.8 Å². The van der Waals surface area contributed by atoms with Gasteiger partial charge in [-0.1, -0.05) is 75.9 Å². The number of carbonyl (C=O) groups excluding carboxylic acids is 1. The summed E-state index contributed by atoms with van der Waals surface area (Å²) in [6.45, 7) is 5.19. The number of allylic oxidation sites excluding steroid dienone is 1. The number of ether oxygens (including phenoxy) is 1. The summed E-state index contributed by atoms with van der Waals surface area (Å²) in [5.74, 6) is 1.78. The van der Waals surface area contributed by atoms with Gasteiger partial charge in [0.15, 0.2) is 5.78 Å². The highest BCUT2D eigenvalue weighted by atomic mass is 16.5. The summed E-state index contributed by atoms with van der Waals surface area (Å²) in [6.07, 6.45) is 11.0. The molecule has 0 spiro atoms. The van der Waals surface area contributed by atoms with E-state index in [9.17, 15) is 4.79 Å². The molecule has 0 aromatic heterocycles. The van der Waals surface area contributed by atoms with Gasteiger partial charge in [-0.15, -0.1) is 0 Å². The third kappa shape index (κ3) is 6.59. The predicted octanol–water partition coefficient (Wildman–Crippen LogP) is 7.48. The molecule has 2 aromatic rings. The molecule has 0 radical (unpaired) electrons. The molecule has 0 N–H and O–H groups in total. The molecule has 1 fully saturated rings. The van der Waals surface area contributed by atoms with E-state index < -0.39 is 0 Å². The largest absolute Gasteiger partial charge is 0.494 e. The van der Waals surface area contributed by atoms with E-state index in [4.69, 9.17) is 4.74 Å². The number of rotatable bonds is 9. The van der Waals surface area contributed by atoms with Gasteiger partial charge >= 0.3 is 0 Å². The summed E-state index contributed by atoms with van der Waals surface area (Å²) in [7, 11) is 0. The summed E-state index contributed by atoms with van der Waals surface area (Å²) >= 11 is 0. The molecule has 2 nitrogen and oxygen atoms in total. The second kappa shape index (κ2) is 11.0. The van der Waals surface area contributed by atoms with Crippen molar-refractivity contribution in [1.82, 2.24) is 0 Å². The van der Waals surface area contributed by atoms with Crippen LogP contribution in [0.4, 0.5) is 0 Å². The maximum Gasteiger partial charge on any atom is 0.159 e. The zero-order chi connectivity index (χ0) is 20.5. The number of hydrogen-bond acceptors (Lipinski definition) is 2. The number of carbonyl (C=O) groups is 1. The van der Waals surface area contributed by atoms with Crippen LogP contribution in [0.15, 0.2) is 54.1 Å². The molecule has 0 amide bonds. The minimum atomic E-state index is 0.314. The summed E-state index contributed by atoms with van der Waals surface area (Å²) < 4.78 is 5.86. The zero-order valence-corrected chi connectivity index (χ0v) is 18.0. The SMILES string of the molecule is CCCCCCCOc1ccc(-c2ccc(/C=C3\CC[C@@H](C)CC3=O)cc2)cc1. The third-order valence-electron chi connectivity index (χ3n) is 5.75. The first kappa shape index (κ1) is 21.4. The maximum atomic E-state index is 12.2. The monoisotopic (exact) mass is 390 g/mol. The Morgan fingerprint density at radius 1 is 0.931 bits per heavy atom. The first-order valence-electron chi connectivity index (χ1n) is 11.2. The van der Waals surface area contributed by atoms with Crippen LogP contribution in [0.1, 0.15) is 70.8 Å². The van der Waals surface area contributed by atoms with Gasteiger partial charge in [-0.3, -0.25) is 4.79 Å². The van der Waals surface area contributed by atoms with E-state index >= 15 is 0 Å². The Labute approximate surface area is 176 Å². The van der Waals surface area contributed by atoms with Crippen LogP contribution in [-0.2, 0) is 4.79 Å². The predicted molar refractivity (Wildman–Crippen MR) is 122 cm³/mol. The van der Waals surface area contributed by atoms with Crippen molar-refractivity contribution in [2.45, 2.75) is 65.2 Å². The topological polar surface area (TPSA) is 26.3 Å². The van der Waals surface area contributed by atoms with Crippen molar-refractivity contribution in [1.29, 1.82) is 0 Å². The minimum absolute atomic E-state index is 0.314. The van der Waals surface area contributed by atoms with Crippen LogP contribution in [0.3, 0.4) is 0 Å². The highest BCUT2D eigenvalue weighted by Gasteiger charge is 2.20. The lowest BCUT2D eigenvalue weighted by Gasteiger charge is -2.19. The zero-order valence-electron chi connectivity index (χ0n) is 18.0. The molecule has 1 saturated carbocycles. The molecule has 0 heterocycles. The highest BCUT2D eigenvalue weighted by Crippen LogP contribution is 2.28. The lowest BCUT2D eigenvalue weighted by atomic mass is 9.85. The van der Waals surface area contributed by atoms with Crippen LogP contribution < -0.4 is 4.74 Å². The lowest BCUT2D eigenvalue weighted by Crippen LogP contribution is -2.15. The fourth-order valence-corrected chi connectivity index (χ4v) is 3.86. The van der Waals surface area contributed by atoms with Gasteiger partial charge in [-0.2, -0.15) is 0 Å². The van der Waals surface area contributed by atoms with Gasteiger partial charge in [0.25, 0.3) is 0 Å². The molecule has 0 bridgehead atoms. The van der Waals surface area contributed by atoms with Crippen molar-refractivity contribution in [3.05, 3.63) is 59.7 Å². The molecule has 1 atom stereocenters. The van der Waals surface area contributed by atoms with Gasteiger partial charge in [0.05, 0.1) is 6.61 Å². The van der Waals surface area contributed by atoms with Gasteiger partial charge in [0, 0.05) is 6.42 Å². The van der Waals surface area contributed by atoms with Gasteiger partial charge in [0.1, 0.15) is 5.75 Å². The molecule has 1 aliphatic carbocycles. The number of ketones is 1. The van der Waals surface area contributed by atoms with E-state index in [2.05, 4.69) is 68.5 Å². The van der Waals surface area contributed by atoms with Crippen LogP contribution in [0.5, 0.6) is 5.75 Å². The van der Waals surface area contributed by atoms with Gasteiger partial charge in [-0.05, 0) is 65.7 Å². The van der Waals surface area contributed by atoms with Crippen molar-refractivity contribution in [3.8, 4) is 16.9 Å². The Morgan fingerprint density at radius 3 is 2.24 bits per heavy atom. The molecule has 1 aliphatic rings. The molecular weight excluding hydrogens is 356 g/mol. The van der Waals surface area contributed by atoms with Crippen molar-refractivity contribution in [2.75, 3.05) is 6.61 Å². The second-order valence-electron chi connectivity index (χ2n) is 8.35. The quantitative estimate of drug-likeness (QED) is 0.328. The van der Waals surface area contributed by atoms with Crippen molar-refractivity contribution in [2.24, 2.45) is 5.92 Å². The van der Waals surface area contributed by atoms with E-state index in [0.717, 1.165) is 42.8 Å². The Kier molecular flexibility index (Phi) is 8.10. The van der Waals surface area contributed by atoms with E-state index in [-0.39, 0.29) is 0 Å². The first-order chi connectivity index (χ1) is 14.2. The second-order valence-corrected chi connectivity index (χ2v) is 8.35. The molecule has 0 saturated heterocycles. The van der Waals surface area contributed by atoms with E-state index in [1.807, 2.05) is 0 Å². The summed E-state index contributed by atoms with van der Waals surface area (Å²) in [4.78, 5) is 12.2. The molecule has 3 rings (SSSR count). The van der Waals surface area contributed by atoms with E-state index in [1.54, 1.807) is 0 Å². The Morgan fingerprint density at radius 2 is 1.59 bits per heavy atom. The molecule has 0 aliphatic heterocycles. The van der Waals surface area contributed by atoms with Gasteiger partial charge in [0.2, 0.25) is 0 Å². The number of unbranched alkanes of at least 4 members (excludes halogenated alkanes) is 4. The van der Waals surface area contributed by atoms with Crippen LogP contribution in [0, 0.1) is 5.92 Å². The van der Waals surface area contributed by atoms with Crippen molar-refractivity contribution >= 4 is 11.9 Å². The van der Waals surface area contributed by atoms with E-state index in [0.29, 0.717) is 18.1 Å². The normalized spacial score (nSPS) is 18.2. The Bertz CT molecular complexity index is 799. The molecule has 154 valence electrons. The first-order valence-corrected chi connectivity index (χ1v) is 11.2. The van der Waals surface area contributed by atoms with Crippen molar-refractivity contribution < 1.29 is 9.53 Å². The average Bonchev–Trinajstić information content (AvgIpc) is 2.74.